The number of nitrogens with one attached hydrogen (secondary N) is 1. The molecule has 1 N–H and O–H groups in total. The predicted octanol–water partition coefficient (Wildman–Crippen LogP) is 1.68. The van der Waals surface area contributed by atoms with Crippen LogP contribution in [0.5, 0.6) is 0 Å². The minimum absolute atomic E-state index is 0.280. The third-order valence-corrected chi connectivity index (χ3v) is 3.82. The Hall–Kier alpha value is -0.710. The van der Waals surface area contributed by atoms with Crippen LogP contribution in [0, 0.1) is 6.92 Å². The van der Waals surface area contributed by atoms with Gasteiger partial charge in [0, 0.05) is 10.5 Å². The molecule has 1 unspecified atom stereocenters. The molecule has 0 radical (unpaired) electrons. The SMILES string of the molecule is Cc1noc(NC2CSC2(C)C)n1. The van der Waals surface area contributed by atoms with Gasteiger partial charge in [-0.15, -0.1) is 0 Å². The van der Waals surface area contributed by atoms with Crippen LogP contribution in [0.15, 0.2) is 4.52 Å². The van der Waals surface area contributed by atoms with Crippen molar-refractivity contribution in [3.8, 4) is 0 Å². The van der Waals surface area contributed by atoms with Gasteiger partial charge in [0.15, 0.2) is 5.82 Å². The third kappa shape index (κ3) is 1.65. The van der Waals surface area contributed by atoms with Gasteiger partial charge in [-0.1, -0.05) is 5.16 Å². The molecule has 1 atom stereocenters. The number of anilines is 1. The molecule has 13 heavy (non-hydrogen) atoms. The second-order valence-electron chi connectivity index (χ2n) is 3.76. The summed E-state index contributed by atoms with van der Waals surface area (Å²) >= 11 is 1.94. The van der Waals surface area contributed by atoms with E-state index in [1.807, 2.05) is 18.7 Å². The monoisotopic (exact) mass is 199 g/mol. The molecule has 1 aromatic rings. The molecule has 1 aliphatic rings. The van der Waals surface area contributed by atoms with E-state index in [-0.39, 0.29) is 4.75 Å². The maximum absolute atomic E-state index is 4.98. The molecule has 1 fully saturated rings. The number of rotatable bonds is 2. The molecule has 1 aliphatic heterocycles. The Balaban J connectivity index is 1.99. The van der Waals surface area contributed by atoms with Gasteiger partial charge in [0.05, 0.1) is 6.04 Å². The molecular formula is C8H13N3OS. The minimum Gasteiger partial charge on any atom is -0.333 e. The summed E-state index contributed by atoms with van der Waals surface area (Å²) in [5.41, 5.74) is 0. The Morgan fingerprint density at radius 2 is 2.38 bits per heavy atom. The summed E-state index contributed by atoms with van der Waals surface area (Å²) < 4.78 is 5.26. The molecule has 2 rings (SSSR count). The van der Waals surface area contributed by atoms with Crippen LogP contribution in [-0.4, -0.2) is 26.7 Å². The van der Waals surface area contributed by atoms with Crippen LogP contribution in [0.3, 0.4) is 0 Å². The lowest BCUT2D eigenvalue weighted by Gasteiger charge is -2.43. The Kier molecular flexibility index (Phi) is 1.98. The van der Waals surface area contributed by atoms with Crippen LogP contribution in [0.25, 0.3) is 0 Å². The van der Waals surface area contributed by atoms with E-state index in [2.05, 4.69) is 29.3 Å². The number of hydrogen-bond donors (Lipinski definition) is 1. The zero-order chi connectivity index (χ0) is 9.47. The predicted molar refractivity (Wildman–Crippen MR) is 53.0 cm³/mol. The molecule has 0 spiro atoms. The first-order valence-electron chi connectivity index (χ1n) is 4.29. The van der Waals surface area contributed by atoms with Gasteiger partial charge in [-0.25, -0.2) is 0 Å². The van der Waals surface area contributed by atoms with Crippen molar-refractivity contribution < 1.29 is 4.52 Å². The largest absolute Gasteiger partial charge is 0.333 e. The van der Waals surface area contributed by atoms with Crippen molar-refractivity contribution in [2.45, 2.75) is 31.6 Å². The number of aromatic nitrogens is 2. The average Bonchev–Trinajstić information content (AvgIpc) is 2.46. The van der Waals surface area contributed by atoms with Crippen LogP contribution < -0.4 is 5.32 Å². The molecule has 4 nitrogen and oxygen atoms in total. The summed E-state index contributed by atoms with van der Waals surface area (Å²) in [5.74, 6) is 1.78. The molecule has 0 amide bonds. The first kappa shape index (κ1) is 8.87. The maximum Gasteiger partial charge on any atom is 0.321 e. The highest BCUT2D eigenvalue weighted by atomic mass is 32.2. The fourth-order valence-corrected chi connectivity index (χ4v) is 2.36. The first-order chi connectivity index (χ1) is 6.08. The molecule has 1 saturated heterocycles. The standard InChI is InChI=1S/C8H13N3OS/c1-5-9-7(12-11-5)10-6-4-13-8(6,2)3/h6H,4H2,1-3H3,(H,9,10,11). The van der Waals surface area contributed by atoms with E-state index < -0.39 is 0 Å². The van der Waals surface area contributed by atoms with Crippen molar-refractivity contribution in [3.63, 3.8) is 0 Å². The van der Waals surface area contributed by atoms with Gasteiger partial charge in [0.1, 0.15) is 0 Å². The first-order valence-corrected chi connectivity index (χ1v) is 5.27. The van der Waals surface area contributed by atoms with Crippen molar-refractivity contribution >= 4 is 17.8 Å². The Morgan fingerprint density at radius 1 is 1.62 bits per heavy atom. The van der Waals surface area contributed by atoms with Gasteiger partial charge in [-0.05, 0) is 20.8 Å². The van der Waals surface area contributed by atoms with Crippen molar-refractivity contribution in [3.05, 3.63) is 5.82 Å². The van der Waals surface area contributed by atoms with Crippen LogP contribution in [-0.2, 0) is 0 Å². The lowest BCUT2D eigenvalue weighted by molar-refractivity contribution is 0.416. The fourth-order valence-electron chi connectivity index (χ4n) is 1.22. The number of aryl methyl sites for hydroxylation is 1. The van der Waals surface area contributed by atoms with Crippen molar-refractivity contribution in [2.75, 3.05) is 11.1 Å². The van der Waals surface area contributed by atoms with Crippen LogP contribution >= 0.6 is 11.8 Å². The van der Waals surface area contributed by atoms with Gasteiger partial charge >= 0.3 is 6.01 Å². The third-order valence-electron chi connectivity index (χ3n) is 2.29. The lowest BCUT2D eigenvalue weighted by atomic mass is 10.0. The topological polar surface area (TPSA) is 51.0 Å². The molecular weight excluding hydrogens is 186 g/mol. The lowest BCUT2D eigenvalue weighted by Crippen LogP contribution is -2.50. The average molecular weight is 199 g/mol. The smallest absolute Gasteiger partial charge is 0.321 e. The molecule has 5 heteroatoms. The summed E-state index contributed by atoms with van der Waals surface area (Å²) in [5, 5.41) is 6.95. The number of nitrogens with zero attached hydrogens (tertiary/aromatic N) is 2. The van der Waals surface area contributed by atoms with Crippen LogP contribution in [0.2, 0.25) is 0 Å². The van der Waals surface area contributed by atoms with Crippen molar-refractivity contribution in [1.82, 2.24) is 10.1 Å². The van der Waals surface area contributed by atoms with Gasteiger partial charge in [-0.3, -0.25) is 0 Å². The van der Waals surface area contributed by atoms with Gasteiger partial charge < -0.3 is 9.84 Å². The Labute approximate surface area is 81.5 Å². The summed E-state index contributed by atoms with van der Waals surface area (Å²) in [6.07, 6.45) is 0. The number of thioether (sulfide) groups is 1. The van der Waals surface area contributed by atoms with E-state index in [0.29, 0.717) is 17.9 Å². The summed E-state index contributed by atoms with van der Waals surface area (Å²) in [6.45, 7) is 6.24. The normalized spacial score (nSPS) is 25.3. The minimum atomic E-state index is 0.280. The highest BCUT2D eigenvalue weighted by molar-refractivity contribution is 8.02. The molecule has 2 heterocycles. The summed E-state index contributed by atoms with van der Waals surface area (Å²) in [4.78, 5) is 4.10. The zero-order valence-corrected chi connectivity index (χ0v) is 8.81. The highest BCUT2D eigenvalue weighted by Gasteiger charge is 2.40. The molecule has 0 bridgehead atoms. The van der Waals surface area contributed by atoms with E-state index in [0.717, 1.165) is 5.75 Å². The quantitative estimate of drug-likeness (QED) is 0.785. The van der Waals surface area contributed by atoms with E-state index in [4.69, 9.17) is 4.52 Å². The molecule has 0 saturated carbocycles. The summed E-state index contributed by atoms with van der Waals surface area (Å²) in [6, 6.07) is 0.980. The second-order valence-corrected chi connectivity index (χ2v) is 5.43. The molecule has 0 aliphatic carbocycles. The number of hydrogen-bond acceptors (Lipinski definition) is 5. The van der Waals surface area contributed by atoms with E-state index in [1.54, 1.807) is 0 Å². The van der Waals surface area contributed by atoms with E-state index in [1.165, 1.54) is 0 Å². The molecule has 72 valence electrons. The molecule has 0 aromatic carbocycles. The summed E-state index contributed by atoms with van der Waals surface area (Å²) in [7, 11) is 0. The van der Waals surface area contributed by atoms with E-state index in [9.17, 15) is 0 Å². The highest BCUT2D eigenvalue weighted by Crippen LogP contribution is 2.41. The van der Waals surface area contributed by atoms with E-state index >= 15 is 0 Å². The van der Waals surface area contributed by atoms with Gasteiger partial charge in [-0.2, -0.15) is 16.7 Å². The van der Waals surface area contributed by atoms with Crippen molar-refractivity contribution in [2.24, 2.45) is 0 Å². The Morgan fingerprint density at radius 3 is 2.77 bits per heavy atom. The van der Waals surface area contributed by atoms with Gasteiger partial charge in [0.25, 0.3) is 0 Å². The van der Waals surface area contributed by atoms with Crippen LogP contribution in [0.1, 0.15) is 19.7 Å². The fraction of sp³-hybridized carbons (Fsp3) is 0.750. The zero-order valence-electron chi connectivity index (χ0n) is 8.00. The van der Waals surface area contributed by atoms with Crippen molar-refractivity contribution in [1.29, 1.82) is 0 Å². The van der Waals surface area contributed by atoms with Crippen LogP contribution in [0.4, 0.5) is 6.01 Å². The second kappa shape index (κ2) is 2.90. The maximum atomic E-state index is 4.98. The Bertz CT molecular complexity index is 310. The van der Waals surface area contributed by atoms with Gasteiger partial charge in [0.2, 0.25) is 0 Å². The molecule has 1 aromatic heterocycles.